The molecule has 2 rings (SSSR count). The molecule has 0 unspecified atom stereocenters. The Morgan fingerprint density at radius 2 is 0.778 bits per heavy atom. The van der Waals surface area contributed by atoms with Crippen molar-refractivity contribution < 1.29 is 23.1 Å². The van der Waals surface area contributed by atoms with Crippen LogP contribution < -0.4 is 0 Å². The Balaban J connectivity index is -0.000000273. The van der Waals surface area contributed by atoms with Crippen LogP contribution >= 0.6 is 60.1 Å². The number of hydrogen-bond acceptors (Lipinski definition) is 5. The molecule has 2 heterocycles. The minimum absolute atomic E-state index is 0.667. The molecule has 0 aliphatic carbocycles. The molecule has 0 amide bonds. The first kappa shape index (κ1) is 34.7. The van der Waals surface area contributed by atoms with Crippen LogP contribution in [0.5, 0.6) is 0 Å². The maximum absolute atomic E-state index is 5.53. The van der Waals surface area contributed by atoms with Crippen LogP contribution in [-0.2, 0) is 23.1 Å². The first-order valence-corrected chi connectivity index (χ1v) is 32.8. The van der Waals surface area contributed by atoms with Gasteiger partial charge < -0.3 is 23.1 Å². The molecular formula is C12H32Cl6Ge2O5Si2. The van der Waals surface area contributed by atoms with Gasteiger partial charge >= 0.3 is 83.2 Å². The van der Waals surface area contributed by atoms with Gasteiger partial charge in [-0.25, -0.2) is 0 Å². The van der Waals surface area contributed by atoms with E-state index in [0.29, 0.717) is 0 Å². The van der Waals surface area contributed by atoms with E-state index in [1.165, 1.54) is 0 Å². The van der Waals surface area contributed by atoms with Crippen LogP contribution in [0.3, 0.4) is 0 Å². The number of halogens is 6. The van der Waals surface area contributed by atoms with E-state index in [9.17, 15) is 0 Å². The zero-order valence-electron chi connectivity index (χ0n) is 16.3. The molecule has 0 aromatic carbocycles. The van der Waals surface area contributed by atoms with E-state index < -0.39 is 41.2 Å². The fourth-order valence-electron chi connectivity index (χ4n) is 1.42. The molecule has 27 heavy (non-hydrogen) atoms. The topological polar surface area (TPSA) is 46.2 Å². The van der Waals surface area contributed by atoms with Crippen LogP contribution in [0.2, 0.25) is 26.2 Å². The summed E-state index contributed by atoms with van der Waals surface area (Å²) < 4.78 is 25.3. The second-order valence-electron chi connectivity index (χ2n) is 5.21. The molecular weight excluding hydrogens is 638 g/mol. The van der Waals surface area contributed by atoms with E-state index in [4.69, 9.17) is 83.1 Å². The second kappa shape index (κ2) is 27.1. The van der Waals surface area contributed by atoms with Gasteiger partial charge in [0.05, 0.1) is 52.9 Å². The van der Waals surface area contributed by atoms with Crippen LogP contribution in [0.15, 0.2) is 0 Å². The number of ether oxygens (including phenoxy) is 4. The maximum atomic E-state index is 5.53. The van der Waals surface area contributed by atoms with E-state index in [1.807, 2.05) is 0 Å². The van der Waals surface area contributed by atoms with Gasteiger partial charge in [-0.15, -0.1) is 0 Å². The van der Waals surface area contributed by atoms with Crippen LogP contribution in [0.1, 0.15) is 0 Å². The second-order valence-corrected chi connectivity index (χ2v) is 34.7. The van der Waals surface area contributed by atoms with Crippen molar-refractivity contribution >= 4 is 101 Å². The Hall–Kier alpha value is 3.06. The average molecular weight is 670 g/mol. The summed E-state index contributed by atoms with van der Waals surface area (Å²) in [5.41, 5.74) is 0. The first-order valence-electron chi connectivity index (χ1n) is 8.38. The molecule has 0 spiro atoms. The monoisotopic (exact) mass is 670 g/mol. The van der Waals surface area contributed by atoms with E-state index in [-0.39, 0.29) is 0 Å². The van der Waals surface area contributed by atoms with Crippen molar-refractivity contribution in [2.24, 2.45) is 0 Å². The molecule has 15 heteroatoms. The van der Waals surface area contributed by atoms with E-state index in [1.54, 1.807) is 0 Å². The van der Waals surface area contributed by atoms with Crippen molar-refractivity contribution in [1.82, 2.24) is 0 Å². The molecule has 5 nitrogen and oxygen atoms in total. The van der Waals surface area contributed by atoms with Crippen molar-refractivity contribution in [3.63, 3.8) is 0 Å². The van der Waals surface area contributed by atoms with Crippen molar-refractivity contribution in [1.29, 1.82) is 0 Å². The van der Waals surface area contributed by atoms with Crippen LogP contribution in [0, 0.1) is 0 Å². The summed E-state index contributed by atoms with van der Waals surface area (Å²) in [7, 11) is 25.5. The summed E-state index contributed by atoms with van der Waals surface area (Å²) in [6.45, 7) is 15.1. The fourth-order valence-corrected chi connectivity index (χ4v) is 5.78. The van der Waals surface area contributed by atoms with Gasteiger partial charge in [0.1, 0.15) is 0 Å². The van der Waals surface area contributed by atoms with Gasteiger partial charge in [0.2, 0.25) is 0 Å². The predicted molar refractivity (Wildman–Crippen MR) is 132 cm³/mol. The molecule has 2 aliphatic rings. The minimum atomic E-state index is -3.11. The third-order valence-corrected chi connectivity index (χ3v) is 6.39. The third kappa shape index (κ3) is 58.6. The Kier molecular flexibility index (Phi) is 34.8. The van der Waals surface area contributed by atoms with Gasteiger partial charge in [0.15, 0.2) is 18.1 Å². The third-order valence-electron chi connectivity index (χ3n) is 2.03. The quantitative estimate of drug-likeness (QED) is 0.418. The molecule has 0 N–H and O–H groups in total. The molecule has 2 aliphatic heterocycles. The Bertz CT molecular complexity index is 230. The zero-order chi connectivity index (χ0) is 21.6. The predicted octanol–water partition coefficient (Wildman–Crippen LogP) is 3.88. The molecule has 0 atom stereocenters. The van der Waals surface area contributed by atoms with Gasteiger partial charge in [0, 0.05) is 0 Å². The van der Waals surface area contributed by atoms with Gasteiger partial charge in [-0.05, 0) is 26.2 Å². The van der Waals surface area contributed by atoms with Crippen molar-refractivity contribution in [2.45, 2.75) is 26.2 Å². The molecule has 0 radical (unpaired) electrons. The van der Waals surface area contributed by atoms with E-state index in [2.05, 4.69) is 26.2 Å². The summed E-state index contributed by atoms with van der Waals surface area (Å²) in [5, 5.41) is 0. The van der Waals surface area contributed by atoms with Crippen LogP contribution in [-0.4, -0.2) is 94.1 Å². The summed E-state index contributed by atoms with van der Waals surface area (Å²) in [6, 6.07) is 0. The van der Waals surface area contributed by atoms with Gasteiger partial charge in [0.25, 0.3) is 0 Å². The zero-order valence-corrected chi connectivity index (χ0v) is 28.2. The summed E-state index contributed by atoms with van der Waals surface area (Å²) >= 11 is -0.931. The molecule has 168 valence electrons. The summed E-state index contributed by atoms with van der Waals surface area (Å²) in [4.78, 5) is 0. The fraction of sp³-hybridized carbons (Fsp3) is 1.00. The molecule has 0 saturated carbocycles. The molecule has 0 aromatic rings. The van der Waals surface area contributed by atoms with Gasteiger partial charge in [-0.1, -0.05) is 0 Å². The molecule has 2 fully saturated rings. The Morgan fingerprint density at radius 1 is 0.630 bits per heavy atom. The van der Waals surface area contributed by atoms with Crippen LogP contribution in [0.4, 0.5) is 0 Å². The van der Waals surface area contributed by atoms with Crippen molar-refractivity contribution in [3.8, 4) is 0 Å². The number of rotatable bonds is 2. The van der Waals surface area contributed by atoms with Crippen molar-refractivity contribution in [2.75, 3.05) is 52.9 Å². The van der Waals surface area contributed by atoms with Crippen LogP contribution in [0.25, 0.3) is 0 Å². The van der Waals surface area contributed by atoms with Gasteiger partial charge in [-0.2, -0.15) is 0 Å². The molecule has 2 saturated heterocycles. The SMILES string of the molecule is C1COCCO1.C1COCCO1.C[SiH](C)O[SiH](C)C.[Cl][GeH2][Cl].[Cl][Ge]([Cl])([Cl])[Cl]. The number of hydrogen-bond donors (Lipinski definition) is 0. The average Bonchev–Trinajstić information content (AvgIpc) is 2.57. The molecule has 0 aromatic heterocycles. The Morgan fingerprint density at radius 3 is 0.815 bits per heavy atom. The summed E-state index contributed by atoms with van der Waals surface area (Å²) in [6.07, 6.45) is 0. The van der Waals surface area contributed by atoms with Gasteiger partial charge in [-0.3, -0.25) is 0 Å². The molecule has 0 bridgehead atoms. The summed E-state index contributed by atoms with van der Waals surface area (Å²) in [5.74, 6) is 0. The standard InChI is InChI=1S/2C4H8O2.C4H14OSi2.Cl4Ge.Cl2GeH2/c2*1-2-6-4-3-5-1;1-6(2)5-7(3)4;1-5(2,3)4;1-3-2/h2*1-4H2;6-7H,1-4H3;;3H2. The first-order chi connectivity index (χ1) is 12.5. The van der Waals surface area contributed by atoms with E-state index >= 15 is 0 Å². The normalized spacial score (nSPS) is 16.4. The Labute approximate surface area is 201 Å². The van der Waals surface area contributed by atoms with Crippen molar-refractivity contribution in [3.05, 3.63) is 0 Å². The van der Waals surface area contributed by atoms with E-state index in [0.717, 1.165) is 52.9 Å².